The summed E-state index contributed by atoms with van der Waals surface area (Å²) in [7, 11) is 0. The molecule has 3 aromatic rings. The SMILES string of the molecule is C#Cc1cnc2c(C#N)cc(N[C@H](C3=CN(C4(C)CC4)NN3)c3ccc(F)nc3C)cc2c1NCC(C)(C)C(F)(F)F. The van der Waals surface area contributed by atoms with Crippen LogP contribution in [0.1, 0.15) is 62.0 Å². The molecule has 1 aliphatic carbocycles. The van der Waals surface area contributed by atoms with E-state index in [1.54, 1.807) is 25.1 Å². The van der Waals surface area contributed by atoms with Gasteiger partial charge in [0, 0.05) is 41.3 Å². The van der Waals surface area contributed by atoms with Crippen molar-refractivity contribution in [1.29, 1.82) is 5.26 Å². The van der Waals surface area contributed by atoms with Crippen LogP contribution in [0, 0.1) is 42.0 Å². The maximum Gasteiger partial charge on any atom is 0.395 e. The van der Waals surface area contributed by atoms with E-state index in [9.17, 15) is 22.8 Å². The van der Waals surface area contributed by atoms with Gasteiger partial charge in [-0.1, -0.05) is 12.0 Å². The van der Waals surface area contributed by atoms with Gasteiger partial charge in [-0.3, -0.25) is 9.99 Å². The van der Waals surface area contributed by atoms with Crippen LogP contribution in [0.3, 0.4) is 0 Å². The number of aryl methyl sites for hydroxylation is 1. The van der Waals surface area contributed by atoms with Crippen molar-refractivity contribution < 1.29 is 17.6 Å². The number of alkyl halides is 3. The number of pyridine rings is 2. The lowest BCUT2D eigenvalue weighted by atomic mass is 9.92. The Labute approximate surface area is 241 Å². The van der Waals surface area contributed by atoms with Gasteiger partial charge in [-0.2, -0.15) is 22.8 Å². The summed E-state index contributed by atoms with van der Waals surface area (Å²) in [6, 6.07) is 7.77. The number of nitrogens with one attached hydrogen (secondary N) is 4. The first kappa shape index (κ1) is 29.0. The van der Waals surface area contributed by atoms with Crippen molar-refractivity contribution in [2.75, 3.05) is 17.2 Å². The molecule has 12 heteroatoms. The minimum Gasteiger partial charge on any atom is -0.383 e. The minimum atomic E-state index is -4.46. The Bertz CT molecular complexity index is 1660. The lowest BCUT2D eigenvalue weighted by Crippen LogP contribution is -2.43. The lowest BCUT2D eigenvalue weighted by Gasteiger charge is -2.29. The monoisotopic (exact) mass is 578 g/mol. The fourth-order valence-corrected chi connectivity index (χ4v) is 4.70. The van der Waals surface area contributed by atoms with Crippen LogP contribution < -0.4 is 21.6 Å². The molecule has 0 radical (unpaired) electrons. The number of anilines is 2. The lowest BCUT2D eigenvalue weighted by molar-refractivity contribution is -0.206. The maximum absolute atomic E-state index is 13.9. The van der Waals surface area contributed by atoms with Crippen LogP contribution in [-0.4, -0.2) is 33.2 Å². The van der Waals surface area contributed by atoms with Crippen LogP contribution in [0.25, 0.3) is 10.9 Å². The first-order chi connectivity index (χ1) is 19.8. The quantitative estimate of drug-likeness (QED) is 0.151. The van der Waals surface area contributed by atoms with E-state index in [1.807, 2.05) is 11.2 Å². The van der Waals surface area contributed by atoms with Crippen LogP contribution in [0.4, 0.5) is 28.9 Å². The zero-order chi connectivity index (χ0) is 30.4. The summed E-state index contributed by atoms with van der Waals surface area (Å²) >= 11 is 0. The summed E-state index contributed by atoms with van der Waals surface area (Å²) in [5, 5.41) is 18.7. The number of benzene rings is 1. The molecule has 1 saturated carbocycles. The topological polar surface area (TPSA) is 101 Å². The Kier molecular flexibility index (Phi) is 7.15. The third-order valence-corrected chi connectivity index (χ3v) is 7.89. The second-order valence-corrected chi connectivity index (χ2v) is 11.5. The first-order valence-corrected chi connectivity index (χ1v) is 13.3. The van der Waals surface area contributed by atoms with Crippen molar-refractivity contribution in [3.05, 3.63) is 70.7 Å². The maximum atomic E-state index is 13.9. The Morgan fingerprint density at radius 3 is 2.57 bits per heavy atom. The molecule has 3 heterocycles. The molecule has 1 aliphatic heterocycles. The van der Waals surface area contributed by atoms with Crippen molar-refractivity contribution in [3.8, 4) is 18.4 Å². The highest BCUT2D eigenvalue weighted by Gasteiger charge is 2.47. The van der Waals surface area contributed by atoms with Gasteiger partial charge in [0.05, 0.1) is 45.0 Å². The molecule has 4 N–H and O–H groups in total. The summed E-state index contributed by atoms with van der Waals surface area (Å²) in [6.07, 6.45) is 6.57. The predicted molar refractivity (Wildman–Crippen MR) is 152 cm³/mol. The molecule has 0 bridgehead atoms. The van der Waals surface area contributed by atoms with Gasteiger partial charge in [-0.05, 0) is 58.7 Å². The smallest absolute Gasteiger partial charge is 0.383 e. The van der Waals surface area contributed by atoms with Crippen LogP contribution in [0.5, 0.6) is 0 Å². The molecule has 0 saturated heterocycles. The summed E-state index contributed by atoms with van der Waals surface area (Å²) in [5.74, 6) is 1.87. The number of nitrogens with zero attached hydrogens (tertiary/aromatic N) is 4. The summed E-state index contributed by atoms with van der Waals surface area (Å²) < 4.78 is 54.9. The number of halogens is 4. The largest absolute Gasteiger partial charge is 0.395 e. The van der Waals surface area contributed by atoms with Crippen LogP contribution in [-0.2, 0) is 0 Å². The molecular formula is C30H30F4N8. The molecule has 218 valence electrons. The van der Waals surface area contributed by atoms with Crippen molar-refractivity contribution in [2.45, 2.75) is 58.3 Å². The van der Waals surface area contributed by atoms with E-state index in [1.165, 1.54) is 12.3 Å². The second-order valence-electron chi connectivity index (χ2n) is 11.5. The average Bonchev–Trinajstić information content (AvgIpc) is 3.48. The van der Waals surface area contributed by atoms with Gasteiger partial charge < -0.3 is 16.1 Å². The molecule has 0 spiro atoms. The Hall–Kier alpha value is -4.55. The van der Waals surface area contributed by atoms with Crippen molar-refractivity contribution in [2.24, 2.45) is 5.41 Å². The number of rotatable bonds is 8. The van der Waals surface area contributed by atoms with Crippen molar-refractivity contribution >= 4 is 22.3 Å². The van der Waals surface area contributed by atoms with E-state index in [-0.39, 0.29) is 22.4 Å². The highest BCUT2D eigenvalue weighted by Crippen LogP contribution is 2.43. The number of hydrogen-bond donors (Lipinski definition) is 4. The van der Waals surface area contributed by atoms with Crippen LogP contribution in [0.2, 0.25) is 0 Å². The molecule has 1 fully saturated rings. The molecule has 2 aliphatic rings. The number of hydrazine groups is 2. The minimum absolute atomic E-state index is 0.0334. The fraction of sp³-hybridized carbons (Fsp3) is 0.367. The van der Waals surface area contributed by atoms with Gasteiger partial charge in [-0.25, -0.2) is 4.98 Å². The zero-order valence-corrected chi connectivity index (χ0v) is 23.5. The van der Waals surface area contributed by atoms with Crippen LogP contribution >= 0.6 is 0 Å². The van der Waals surface area contributed by atoms with Crippen molar-refractivity contribution in [3.63, 3.8) is 0 Å². The van der Waals surface area contributed by atoms with Gasteiger partial charge in [0.15, 0.2) is 0 Å². The molecule has 1 aromatic carbocycles. The van der Waals surface area contributed by atoms with E-state index in [4.69, 9.17) is 6.42 Å². The molecule has 0 amide bonds. The highest BCUT2D eigenvalue weighted by atomic mass is 19.4. The standard InChI is InChI=1S/C30H30F4N8/c1-6-18-14-36-26-19(13-35)11-20(12-22(26)25(18)37-16-28(3,4)30(32,33)34)39-27(21-7-8-24(31)38-17(21)2)23-15-42(41-40-23)29(5)9-10-29/h1,7-8,11-12,14-15,27,39-41H,9-10,16H2,2-5H3,(H,36,37)/t27-/m0/s1. The van der Waals surface area contributed by atoms with Crippen LogP contribution in [0.15, 0.2) is 42.4 Å². The molecular weight excluding hydrogens is 548 g/mol. The molecule has 1 atom stereocenters. The Morgan fingerprint density at radius 2 is 1.95 bits per heavy atom. The van der Waals surface area contributed by atoms with E-state index in [0.717, 1.165) is 32.4 Å². The van der Waals surface area contributed by atoms with E-state index >= 15 is 0 Å². The number of terminal acetylenes is 1. The van der Waals surface area contributed by atoms with Crippen molar-refractivity contribution in [1.82, 2.24) is 25.9 Å². The predicted octanol–water partition coefficient (Wildman–Crippen LogP) is 5.80. The molecule has 8 nitrogen and oxygen atoms in total. The van der Waals surface area contributed by atoms with Gasteiger partial charge >= 0.3 is 6.18 Å². The average molecular weight is 579 g/mol. The Morgan fingerprint density at radius 1 is 1.21 bits per heavy atom. The zero-order valence-electron chi connectivity index (χ0n) is 23.5. The molecule has 0 unspecified atom stereocenters. The fourth-order valence-electron chi connectivity index (χ4n) is 4.70. The molecule has 42 heavy (non-hydrogen) atoms. The van der Waals surface area contributed by atoms with E-state index in [2.05, 4.69) is 50.5 Å². The van der Waals surface area contributed by atoms with Gasteiger partial charge in [0.1, 0.15) is 6.07 Å². The summed E-state index contributed by atoms with van der Waals surface area (Å²) in [6.45, 7) is 5.56. The number of nitriles is 1. The van der Waals surface area contributed by atoms with Gasteiger partial charge in [0.2, 0.25) is 5.95 Å². The Balaban J connectivity index is 1.60. The molecule has 2 aromatic heterocycles. The third kappa shape index (κ3) is 5.38. The first-order valence-electron chi connectivity index (χ1n) is 13.3. The number of hydrogen-bond acceptors (Lipinski definition) is 8. The van der Waals surface area contributed by atoms with Gasteiger partial charge in [-0.15, -0.1) is 12.0 Å². The van der Waals surface area contributed by atoms with E-state index in [0.29, 0.717) is 27.8 Å². The van der Waals surface area contributed by atoms with E-state index < -0.39 is 30.1 Å². The summed E-state index contributed by atoms with van der Waals surface area (Å²) in [5.41, 5.74) is 7.61. The normalized spacial score (nSPS) is 16.7. The highest BCUT2D eigenvalue weighted by molar-refractivity contribution is 5.99. The number of aromatic nitrogens is 2. The van der Waals surface area contributed by atoms with Gasteiger partial charge in [0.25, 0.3) is 0 Å². The molecule has 5 rings (SSSR count). The third-order valence-electron chi connectivity index (χ3n) is 7.89. The second kappa shape index (κ2) is 10.4. The summed E-state index contributed by atoms with van der Waals surface area (Å²) in [4.78, 5) is 8.35. The number of fused-ring (bicyclic) bond motifs is 1.